The summed E-state index contributed by atoms with van der Waals surface area (Å²) < 4.78 is 0. The molecule has 0 fully saturated rings. The first-order valence-corrected chi connectivity index (χ1v) is 4.60. The van der Waals surface area contributed by atoms with Gasteiger partial charge < -0.3 is 0 Å². The van der Waals surface area contributed by atoms with E-state index in [4.69, 9.17) is 0 Å². The van der Waals surface area contributed by atoms with Gasteiger partial charge in [0.2, 0.25) is 0 Å². The molecule has 1 aromatic carbocycles. The van der Waals surface area contributed by atoms with Gasteiger partial charge in [-0.15, -0.1) is 0 Å². The Morgan fingerprint density at radius 3 is 2.92 bits per heavy atom. The molecule has 0 saturated heterocycles. The van der Waals surface area contributed by atoms with Crippen molar-refractivity contribution in [3.63, 3.8) is 0 Å². The van der Waals surface area contributed by atoms with Crippen LogP contribution in [0.2, 0.25) is 0 Å². The van der Waals surface area contributed by atoms with Crippen LogP contribution in [0.5, 0.6) is 0 Å². The van der Waals surface area contributed by atoms with Crippen molar-refractivity contribution in [2.45, 2.75) is 26.7 Å². The lowest BCUT2D eigenvalue weighted by Gasteiger charge is -2.03. The van der Waals surface area contributed by atoms with Crippen molar-refractivity contribution < 1.29 is 0 Å². The fraction of sp³-hybridized carbons (Fsp3) is 0.333. The fourth-order valence-electron chi connectivity index (χ4n) is 1.79. The van der Waals surface area contributed by atoms with Crippen LogP contribution in [0.25, 0.3) is 5.57 Å². The zero-order valence-corrected chi connectivity index (χ0v) is 7.72. The quantitative estimate of drug-likeness (QED) is 0.588. The molecule has 1 aliphatic rings. The van der Waals surface area contributed by atoms with E-state index >= 15 is 0 Å². The second-order valence-corrected chi connectivity index (χ2v) is 3.44. The summed E-state index contributed by atoms with van der Waals surface area (Å²) >= 11 is 0. The number of hydrogen-bond acceptors (Lipinski definition) is 0. The van der Waals surface area contributed by atoms with Gasteiger partial charge in [-0.25, -0.2) is 0 Å². The van der Waals surface area contributed by atoms with E-state index in [1.54, 1.807) is 0 Å². The standard InChI is InChI=1S/C12H14/c1-3-10-5-7-12-9(2)4-6-11(12)8-10/h4-5,7-8H,3,6H2,1-2H3. The molecule has 0 unspecified atom stereocenters. The van der Waals surface area contributed by atoms with Crippen molar-refractivity contribution in [3.05, 3.63) is 41.0 Å². The van der Waals surface area contributed by atoms with Gasteiger partial charge in [-0.05, 0) is 42.0 Å². The summed E-state index contributed by atoms with van der Waals surface area (Å²) in [7, 11) is 0. The van der Waals surface area contributed by atoms with Crippen LogP contribution in [0.3, 0.4) is 0 Å². The van der Waals surface area contributed by atoms with Crippen LogP contribution in [0.15, 0.2) is 24.3 Å². The second-order valence-electron chi connectivity index (χ2n) is 3.44. The predicted octanol–water partition coefficient (Wildman–Crippen LogP) is 3.21. The van der Waals surface area contributed by atoms with E-state index in [-0.39, 0.29) is 0 Å². The van der Waals surface area contributed by atoms with Crippen LogP contribution >= 0.6 is 0 Å². The molecule has 0 bridgehead atoms. The maximum Gasteiger partial charge on any atom is -0.00854 e. The zero-order chi connectivity index (χ0) is 8.55. The molecule has 0 amide bonds. The van der Waals surface area contributed by atoms with Crippen molar-refractivity contribution in [2.24, 2.45) is 0 Å². The SMILES string of the molecule is CCc1ccc2c(c1)CC=C2C. The third kappa shape index (κ3) is 1.08. The summed E-state index contributed by atoms with van der Waals surface area (Å²) in [6.45, 7) is 4.40. The predicted molar refractivity (Wildman–Crippen MR) is 53.2 cm³/mol. The number of allylic oxidation sites excluding steroid dienone is 2. The third-order valence-electron chi connectivity index (χ3n) is 2.63. The van der Waals surface area contributed by atoms with Crippen molar-refractivity contribution >= 4 is 5.57 Å². The van der Waals surface area contributed by atoms with E-state index in [2.05, 4.69) is 38.1 Å². The lowest BCUT2D eigenvalue weighted by molar-refractivity contribution is 1.12. The summed E-state index contributed by atoms with van der Waals surface area (Å²) in [6, 6.07) is 6.83. The Morgan fingerprint density at radius 2 is 2.17 bits per heavy atom. The average molecular weight is 158 g/mol. The Bertz CT molecular complexity index is 332. The average Bonchev–Trinajstić information content (AvgIpc) is 2.47. The molecule has 0 atom stereocenters. The Labute approximate surface area is 73.9 Å². The van der Waals surface area contributed by atoms with Gasteiger partial charge in [0.25, 0.3) is 0 Å². The van der Waals surface area contributed by atoms with Gasteiger partial charge in [0, 0.05) is 0 Å². The van der Waals surface area contributed by atoms with Gasteiger partial charge in [-0.1, -0.05) is 31.2 Å². The van der Waals surface area contributed by atoms with E-state index in [0.717, 1.165) is 12.8 Å². The Balaban J connectivity index is 2.46. The van der Waals surface area contributed by atoms with Crippen LogP contribution < -0.4 is 0 Å². The molecule has 2 rings (SSSR count). The summed E-state index contributed by atoms with van der Waals surface area (Å²) in [5.74, 6) is 0. The minimum absolute atomic E-state index is 1.13. The van der Waals surface area contributed by atoms with Crippen LogP contribution in [0, 0.1) is 0 Å². The monoisotopic (exact) mass is 158 g/mol. The molecule has 12 heavy (non-hydrogen) atoms. The Morgan fingerprint density at radius 1 is 1.33 bits per heavy atom. The van der Waals surface area contributed by atoms with E-state index < -0.39 is 0 Å². The van der Waals surface area contributed by atoms with Crippen LogP contribution in [-0.2, 0) is 12.8 Å². The van der Waals surface area contributed by atoms with Crippen molar-refractivity contribution in [3.8, 4) is 0 Å². The molecule has 0 N–H and O–H groups in total. The van der Waals surface area contributed by atoms with Crippen LogP contribution in [0.4, 0.5) is 0 Å². The largest absolute Gasteiger partial charge is 0.0766 e. The molecular formula is C12H14. The van der Waals surface area contributed by atoms with Gasteiger partial charge in [-0.2, -0.15) is 0 Å². The molecule has 0 nitrogen and oxygen atoms in total. The van der Waals surface area contributed by atoms with Crippen molar-refractivity contribution in [1.29, 1.82) is 0 Å². The molecule has 0 aromatic heterocycles. The molecule has 1 aliphatic carbocycles. The summed E-state index contributed by atoms with van der Waals surface area (Å²) in [4.78, 5) is 0. The number of hydrogen-bond donors (Lipinski definition) is 0. The van der Waals surface area contributed by atoms with Gasteiger partial charge in [0.05, 0.1) is 0 Å². The highest BCUT2D eigenvalue weighted by molar-refractivity contribution is 5.71. The third-order valence-corrected chi connectivity index (χ3v) is 2.63. The molecule has 0 saturated carbocycles. The number of rotatable bonds is 1. The maximum atomic E-state index is 2.34. The lowest BCUT2D eigenvalue weighted by Crippen LogP contribution is -1.86. The van der Waals surface area contributed by atoms with Gasteiger partial charge >= 0.3 is 0 Å². The Hall–Kier alpha value is -1.04. The van der Waals surface area contributed by atoms with Gasteiger partial charge in [0.1, 0.15) is 0 Å². The van der Waals surface area contributed by atoms with E-state index in [9.17, 15) is 0 Å². The molecule has 0 aliphatic heterocycles. The Kier molecular flexibility index (Phi) is 1.76. The number of fused-ring (bicyclic) bond motifs is 1. The maximum absolute atomic E-state index is 2.34. The van der Waals surface area contributed by atoms with E-state index in [1.807, 2.05) is 0 Å². The lowest BCUT2D eigenvalue weighted by atomic mass is 10.0. The topological polar surface area (TPSA) is 0 Å². The first kappa shape index (κ1) is 7.60. The normalized spacial score (nSPS) is 14.3. The summed E-state index contributed by atoms with van der Waals surface area (Å²) in [5, 5.41) is 0. The molecule has 0 radical (unpaired) electrons. The van der Waals surface area contributed by atoms with E-state index in [0.29, 0.717) is 0 Å². The van der Waals surface area contributed by atoms with Crippen molar-refractivity contribution in [1.82, 2.24) is 0 Å². The molecule has 0 spiro atoms. The summed E-state index contributed by atoms with van der Waals surface area (Å²) in [6.07, 6.45) is 4.59. The highest BCUT2D eigenvalue weighted by Crippen LogP contribution is 2.27. The zero-order valence-electron chi connectivity index (χ0n) is 7.72. The first-order chi connectivity index (χ1) is 5.81. The molecule has 0 heterocycles. The van der Waals surface area contributed by atoms with Crippen molar-refractivity contribution in [2.75, 3.05) is 0 Å². The molecule has 0 heteroatoms. The minimum atomic E-state index is 1.13. The van der Waals surface area contributed by atoms with Crippen LogP contribution in [-0.4, -0.2) is 0 Å². The van der Waals surface area contributed by atoms with Gasteiger partial charge in [0.15, 0.2) is 0 Å². The molecule has 1 aromatic rings. The second kappa shape index (κ2) is 2.78. The highest BCUT2D eigenvalue weighted by atomic mass is 14.1. The van der Waals surface area contributed by atoms with Gasteiger partial charge in [-0.3, -0.25) is 0 Å². The summed E-state index contributed by atoms with van der Waals surface area (Å²) in [5.41, 5.74) is 5.85. The molecular weight excluding hydrogens is 144 g/mol. The minimum Gasteiger partial charge on any atom is -0.0766 e. The highest BCUT2D eigenvalue weighted by Gasteiger charge is 2.09. The smallest absolute Gasteiger partial charge is 0.00854 e. The van der Waals surface area contributed by atoms with E-state index in [1.165, 1.54) is 22.3 Å². The number of aryl methyl sites for hydroxylation is 1. The molecule has 62 valence electrons. The van der Waals surface area contributed by atoms with Crippen LogP contribution in [0.1, 0.15) is 30.5 Å². The fourth-order valence-corrected chi connectivity index (χ4v) is 1.79. The number of benzene rings is 1. The first-order valence-electron chi connectivity index (χ1n) is 4.60.